The second kappa shape index (κ2) is 8.53. The lowest BCUT2D eigenvalue weighted by Crippen LogP contribution is -2.38. The van der Waals surface area contributed by atoms with Crippen molar-refractivity contribution in [2.24, 2.45) is 12.0 Å². The molecule has 6 nitrogen and oxygen atoms in total. The Morgan fingerprint density at radius 1 is 1.42 bits per heavy atom. The number of nitrogens with one attached hydrogen (secondary N) is 2. The molecule has 6 heteroatoms. The third kappa shape index (κ3) is 6.24. The molecule has 0 bridgehead atoms. The summed E-state index contributed by atoms with van der Waals surface area (Å²) in [5, 5.41) is 10.7. The van der Waals surface area contributed by atoms with Gasteiger partial charge in [0.25, 0.3) is 0 Å². The zero-order valence-corrected chi connectivity index (χ0v) is 12.5. The van der Waals surface area contributed by atoms with Gasteiger partial charge in [-0.15, -0.1) is 0 Å². The van der Waals surface area contributed by atoms with Crippen LogP contribution in [0, 0.1) is 0 Å². The lowest BCUT2D eigenvalue weighted by atomic mass is 10.4. The zero-order valence-electron chi connectivity index (χ0n) is 12.5. The number of aryl methyl sites for hydroxylation is 1. The van der Waals surface area contributed by atoms with Gasteiger partial charge in [-0.25, -0.2) is 4.99 Å². The number of hydrogen-bond donors (Lipinski definition) is 2. The molecule has 0 saturated carbocycles. The number of aromatic nitrogens is 2. The molecule has 1 aromatic rings. The maximum atomic E-state index is 4.55. The van der Waals surface area contributed by atoms with Gasteiger partial charge in [0.2, 0.25) is 0 Å². The Morgan fingerprint density at radius 3 is 2.79 bits per heavy atom. The highest BCUT2D eigenvalue weighted by atomic mass is 15.3. The molecule has 0 aliphatic carbocycles. The smallest absolute Gasteiger partial charge is 0.191 e. The van der Waals surface area contributed by atoms with Crippen molar-refractivity contribution >= 4 is 5.96 Å². The van der Waals surface area contributed by atoms with Gasteiger partial charge in [-0.05, 0) is 40.1 Å². The summed E-state index contributed by atoms with van der Waals surface area (Å²) in [4.78, 5) is 6.74. The summed E-state index contributed by atoms with van der Waals surface area (Å²) in [6.45, 7) is 5.58. The van der Waals surface area contributed by atoms with E-state index in [1.54, 1.807) is 6.20 Å². The first-order valence-electron chi connectivity index (χ1n) is 6.77. The highest BCUT2D eigenvalue weighted by Gasteiger charge is 2.00. The van der Waals surface area contributed by atoms with Crippen molar-refractivity contribution in [3.05, 3.63) is 18.0 Å². The standard InChI is InChI=1S/C13H26N6/c1-5-14-13(15-8-6-10-18(2)3)16-11-12-7-9-17-19(12)4/h7,9H,5-6,8,10-11H2,1-4H3,(H2,14,15,16). The van der Waals surface area contributed by atoms with Crippen LogP contribution >= 0.6 is 0 Å². The first-order chi connectivity index (χ1) is 9.13. The maximum Gasteiger partial charge on any atom is 0.191 e. The van der Waals surface area contributed by atoms with Gasteiger partial charge in [0.1, 0.15) is 0 Å². The van der Waals surface area contributed by atoms with Crippen LogP contribution in [0.3, 0.4) is 0 Å². The quantitative estimate of drug-likeness (QED) is 0.427. The van der Waals surface area contributed by atoms with E-state index in [0.717, 1.165) is 37.7 Å². The second-order valence-corrected chi connectivity index (χ2v) is 4.72. The molecule has 0 aromatic carbocycles. The molecule has 1 heterocycles. The molecule has 0 amide bonds. The topological polar surface area (TPSA) is 57.5 Å². The SMILES string of the molecule is CCNC(=NCc1ccnn1C)NCCCN(C)C. The summed E-state index contributed by atoms with van der Waals surface area (Å²) >= 11 is 0. The molecule has 1 rings (SSSR count). The number of guanidine groups is 1. The average Bonchev–Trinajstić information content (AvgIpc) is 2.77. The van der Waals surface area contributed by atoms with Crippen LogP contribution in [0.2, 0.25) is 0 Å². The van der Waals surface area contributed by atoms with Crippen LogP contribution in [-0.4, -0.2) is 54.4 Å². The molecule has 1 aromatic heterocycles. The van der Waals surface area contributed by atoms with Crippen molar-refractivity contribution in [1.29, 1.82) is 0 Å². The first-order valence-corrected chi connectivity index (χ1v) is 6.77. The third-order valence-corrected chi connectivity index (χ3v) is 2.74. The van der Waals surface area contributed by atoms with Gasteiger partial charge in [0, 0.05) is 26.3 Å². The molecule has 0 atom stereocenters. The predicted octanol–water partition coefficient (Wildman–Crippen LogP) is 0.427. The highest BCUT2D eigenvalue weighted by molar-refractivity contribution is 5.79. The zero-order chi connectivity index (χ0) is 14.1. The molecule has 0 saturated heterocycles. The summed E-state index contributed by atoms with van der Waals surface area (Å²) in [5.41, 5.74) is 1.10. The van der Waals surface area contributed by atoms with E-state index in [0.29, 0.717) is 6.54 Å². The van der Waals surface area contributed by atoms with Gasteiger partial charge in [0.15, 0.2) is 5.96 Å². The summed E-state index contributed by atoms with van der Waals surface area (Å²) in [7, 11) is 6.10. The van der Waals surface area contributed by atoms with Gasteiger partial charge < -0.3 is 15.5 Å². The Kier molecular flexibility index (Phi) is 6.95. The fourth-order valence-corrected chi connectivity index (χ4v) is 1.66. The number of hydrogen-bond acceptors (Lipinski definition) is 3. The Hall–Kier alpha value is -1.56. The average molecular weight is 266 g/mol. The van der Waals surface area contributed by atoms with Crippen LogP contribution in [0.4, 0.5) is 0 Å². The lowest BCUT2D eigenvalue weighted by molar-refractivity contribution is 0.399. The van der Waals surface area contributed by atoms with Gasteiger partial charge >= 0.3 is 0 Å². The predicted molar refractivity (Wildman–Crippen MR) is 79.2 cm³/mol. The van der Waals surface area contributed by atoms with E-state index in [-0.39, 0.29) is 0 Å². The number of nitrogens with zero attached hydrogens (tertiary/aromatic N) is 4. The van der Waals surface area contributed by atoms with E-state index in [1.807, 2.05) is 17.8 Å². The summed E-state index contributed by atoms with van der Waals surface area (Å²) < 4.78 is 1.85. The van der Waals surface area contributed by atoms with E-state index in [9.17, 15) is 0 Å². The van der Waals surface area contributed by atoms with Crippen molar-refractivity contribution in [1.82, 2.24) is 25.3 Å². The largest absolute Gasteiger partial charge is 0.357 e. The number of rotatable bonds is 7. The van der Waals surface area contributed by atoms with E-state index in [2.05, 4.69) is 46.6 Å². The molecular weight excluding hydrogens is 240 g/mol. The molecule has 108 valence electrons. The van der Waals surface area contributed by atoms with Gasteiger partial charge in [-0.3, -0.25) is 4.68 Å². The maximum absolute atomic E-state index is 4.55. The second-order valence-electron chi connectivity index (χ2n) is 4.72. The van der Waals surface area contributed by atoms with E-state index < -0.39 is 0 Å². The van der Waals surface area contributed by atoms with Gasteiger partial charge in [0.05, 0.1) is 12.2 Å². The van der Waals surface area contributed by atoms with E-state index >= 15 is 0 Å². The monoisotopic (exact) mass is 266 g/mol. The number of aliphatic imine (C=N–C) groups is 1. The van der Waals surface area contributed by atoms with Crippen LogP contribution in [0.5, 0.6) is 0 Å². The Balaban J connectivity index is 2.40. The minimum absolute atomic E-state index is 0.638. The van der Waals surface area contributed by atoms with Gasteiger partial charge in [-0.1, -0.05) is 0 Å². The van der Waals surface area contributed by atoms with Crippen molar-refractivity contribution in [3.8, 4) is 0 Å². The molecule has 0 aliphatic rings. The van der Waals surface area contributed by atoms with E-state index in [1.165, 1.54) is 0 Å². The van der Waals surface area contributed by atoms with E-state index in [4.69, 9.17) is 0 Å². The van der Waals surface area contributed by atoms with Crippen LogP contribution < -0.4 is 10.6 Å². The summed E-state index contributed by atoms with van der Waals surface area (Å²) in [6, 6.07) is 1.99. The van der Waals surface area contributed by atoms with Crippen LogP contribution in [0.1, 0.15) is 19.0 Å². The fraction of sp³-hybridized carbons (Fsp3) is 0.692. The minimum Gasteiger partial charge on any atom is -0.357 e. The van der Waals surface area contributed by atoms with Crippen LogP contribution in [-0.2, 0) is 13.6 Å². The van der Waals surface area contributed by atoms with Gasteiger partial charge in [-0.2, -0.15) is 5.10 Å². The summed E-state index contributed by atoms with van der Waals surface area (Å²) in [5.74, 6) is 0.863. The van der Waals surface area contributed by atoms with Crippen molar-refractivity contribution in [2.45, 2.75) is 19.9 Å². The third-order valence-electron chi connectivity index (χ3n) is 2.74. The molecule has 0 fully saturated rings. The fourth-order valence-electron chi connectivity index (χ4n) is 1.66. The molecule has 0 radical (unpaired) electrons. The normalized spacial score (nSPS) is 11.9. The molecule has 19 heavy (non-hydrogen) atoms. The lowest BCUT2D eigenvalue weighted by Gasteiger charge is -2.13. The van der Waals surface area contributed by atoms with Crippen molar-refractivity contribution in [2.75, 3.05) is 33.7 Å². The first kappa shape index (κ1) is 15.5. The summed E-state index contributed by atoms with van der Waals surface area (Å²) in [6.07, 6.45) is 2.89. The Labute approximate surface area is 115 Å². The van der Waals surface area contributed by atoms with Crippen LogP contribution in [0.15, 0.2) is 17.3 Å². The van der Waals surface area contributed by atoms with Crippen molar-refractivity contribution in [3.63, 3.8) is 0 Å². The molecule has 2 N–H and O–H groups in total. The minimum atomic E-state index is 0.638. The molecule has 0 spiro atoms. The molecule has 0 unspecified atom stereocenters. The molecular formula is C13H26N6. The van der Waals surface area contributed by atoms with Crippen molar-refractivity contribution < 1.29 is 0 Å². The molecule has 0 aliphatic heterocycles. The van der Waals surface area contributed by atoms with Crippen LogP contribution in [0.25, 0.3) is 0 Å². The highest BCUT2D eigenvalue weighted by Crippen LogP contribution is 1.97. The Bertz CT molecular complexity index is 382. The Morgan fingerprint density at radius 2 is 2.21 bits per heavy atom.